The van der Waals surface area contributed by atoms with Gasteiger partial charge in [-0.1, -0.05) is 109 Å². The molecule has 0 saturated carbocycles. The fourth-order valence-electron chi connectivity index (χ4n) is 9.77. The van der Waals surface area contributed by atoms with Gasteiger partial charge in [-0.3, -0.25) is 0 Å². The maximum Gasteiger partial charge on any atom is 0.0663 e. The molecular weight excluding hydrogens is 748 g/mol. The molecule has 0 spiro atoms. The molecule has 0 bridgehead atoms. The van der Waals surface area contributed by atoms with E-state index in [2.05, 4.69) is 210 Å². The molecule has 0 fully saturated rings. The van der Waals surface area contributed by atoms with E-state index < -0.39 is 0 Å². The molecule has 0 atom stereocenters. The molecule has 0 aliphatic carbocycles. The Morgan fingerprint density at radius 2 is 0.821 bits per heavy atom. The average Bonchev–Trinajstić information content (AvgIpc) is 3.90. The van der Waals surface area contributed by atoms with Gasteiger partial charge in [0.2, 0.25) is 0 Å². The van der Waals surface area contributed by atoms with Crippen LogP contribution in [0.3, 0.4) is 0 Å². The van der Waals surface area contributed by atoms with Crippen LogP contribution in [0.15, 0.2) is 180 Å². The highest BCUT2D eigenvalue weighted by atomic mass is 79.9. The molecule has 0 saturated heterocycles. The third-order valence-electron chi connectivity index (χ3n) is 11.9. The molecule has 0 radical (unpaired) electrons. The van der Waals surface area contributed by atoms with E-state index in [1.165, 1.54) is 82.4 Å². The van der Waals surface area contributed by atoms with Gasteiger partial charge in [-0.25, -0.2) is 0 Å². The first-order chi connectivity index (χ1) is 27.8. The normalized spacial score (nSPS) is 13.2. The number of benzene rings is 8. The quantitative estimate of drug-likeness (QED) is 0.174. The van der Waals surface area contributed by atoms with E-state index in [1.807, 2.05) is 0 Å². The largest absolute Gasteiger partial charge is 0.340 e. The Morgan fingerprint density at radius 1 is 0.393 bits per heavy atom. The molecule has 266 valence electrons. The van der Waals surface area contributed by atoms with Crippen molar-refractivity contribution in [1.29, 1.82) is 0 Å². The van der Waals surface area contributed by atoms with Crippen LogP contribution in [0.4, 0.5) is 11.4 Å². The predicted octanol–water partition coefficient (Wildman–Crippen LogP) is 13.8. The molecule has 1 aliphatic heterocycles. The van der Waals surface area contributed by atoms with Crippen LogP contribution in [0.2, 0.25) is 0 Å². The first kappa shape index (κ1) is 31.8. The number of anilines is 2. The zero-order valence-electron chi connectivity index (χ0n) is 30.5. The van der Waals surface area contributed by atoms with Gasteiger partial charge >= 0.3 is 0 Å². The second kappa shape index (κ2) is 12.2. The lowest BCUT2D eigenvalue weighted by atomic mass is 10.0. The number of hydrogen-bond acceptors (Lipinski definition) is 1. The van der Waals surface area contributed by atoms with E-state index in [9.17, 15) is 0 Å². The summed E-state index contributed by atoms with van der Waals surface area (Å²) in [6, 6.07) is 64.5. The van der Waals surface area contributed by atoms with Crippen LogP contribution in [-0.4, -0.2) is 20.2 Å². The Kier molecular flexibility index (Phi) is 6.93. The van der Waals surface area contributed by atoms with Gasteiger partial charge in [-0.15, -0.1) is 0 Å². The molecule has 4 heterocycles. The molecule has 56 heavy (non-hydrogen) atoms. The van der Waals surface area contributed by atoms with Crippen molar-refractivity contribution in [3.63, 3.8) is 0 Å². The summed E-state index contributed by atoms with van der Waals surface area (Å²) < 4.78 is 8.71. The zero-order valence-corrected chi connectivity index (χ0v) is 32.1. The number of fused-ring (bicyclic) bond motifs is 13. The molecule has 3 aromatic heterocycles. The van der Waals surface area contributed by atoms with Crippen molar-refractivity contribution in [2.75, 3.05) is 11.4 Å². The average molecular weight is 784 g/mol. The lowest BCUT2D eigenvalue weighted by Gasteiger charge is -2.32. The van der Waals surface area contributed by atoms with Gasteiger partial charge in [0, 0.05) is 66.1 Å². The van der Waals surface area contributed by atoms with Crippen LogP contribution in [0.5, 0.6) is 0 Å². The molecule has 11 aromatic rings. The van der Waals surface area contributed by atoms with E-state index in [-0.39, 0.29) is 0 Å². The van der Waals surface area contributed by atoms with E-state index in [0.29, 0.717) is 0 Å². The Labute approximate surface area is 332 Å². The standard InChI is InChI=1S/C51H35BrN4/c52-41-27-13-16-33-17-15-31-53(48(33)41)36-22-14-23-37(32-36)56-44-30-12-9-26-40(44)47-50-45(38-24-7-10-28-42(38)54(50)34-18-3-1-4-19-34)49-46(51(47)56)39-25-8-11-29-43(39)55(49)35-20-5-2-6-21-35/h1-14,16,18-30,32H,15,17,31H2. The first-order valence-corrected chi connectivity index (χ1v) is 20.2. The van der Waals surface area contributed by atoms with Crippen LogP contribution >= 0.6 is 15.9 Å². The lowest BCUT2D eigenvalue weighted by molar-refractivity contribution is 0.765. The molecule has 8 aromatic carbocycles. The van der Waals surface area contributed by atoms with Gasteiger partial charge in [0.15, 0.2) is 0 Å². The van der Waals surface area contributed by atoms with Crippen LogP contribution in [0.1, 0.15) is 12.0 Å². The summed E-state index contributed by atoms with van der Waals surface area (Å²) in [5, 5.41) is 7.50. The minimum Gasteiger partial charge on any atom is -0.340 e. The van der Waals surface area contributed by atoms with Gasteiger partial charge in [-0.2, -0.15) is 0 Å². The predicted molar refractivity (Wildman–Crippen MR) is 239 cm³/mol. The van der Waals surface area contributed by atoms with E-state index >= 15 is 0 Å². The number of rotatable bonds is 4. The fraction of sp³-hybridized carbons (Fsp3) is 0.0588. The molecule has 4 nitrogen and oxygen atoms in total. The van der Waals surface area contributed by atoms with Crippen LogP contribution in [0.25, 0.3) is 82.5 Å². The highest BCUT2D eigenvalue weighted by molar-refractivity contribution is 9.10. The number of aryl methyl sites for hydroxylation is 1. The van der Waals surface area contributed by atoms with Crippen molar-refractivity contribution in [1.82, 2.24) is 13.7 Å². The Hall–Kier alpha value is -6.56. The number of hydrogen-bond donors (Lipinski definition) is 0. The molecule has 0 N–H and O–H groups in total. The molecule has 0 unspecified atom stereocenters. The lowest BCUT2D eigenvalue weighted by Crippen LogP contribution is -2.25. The molecule has 1 aliphatic rings. The minimum absolute atomic E-state index is 0.971. The van der Waals surface area contributed by atoms with Crippen molar-refractivity contribution < 1.29 is 0 Å². The molecular formula is C51H35BrN4. The Morgan fingerprint density at radius 3 is 1.36 bits per heavy atom. The number of para-hydroxylation sites is 6. The van der Waals surface area contributed by atoms with Crippen molar-refractivity contribution in [3.05, 3.63) is 186 Å². The summed E-state index contributed by atoms with van der Waals surface area (Å²) in [5.74, 6) is 0. The summed E-state index contributed by atoms with van der Waals surface area (Å²) in [7, 11) is 0. The van der Waals surface area contributed by atoms with Crippen molar-refractivity contribution in [3.8, 4) is 17.1 Å². The van der Waals surface area contributed by atoms with Crippen LogP contribution < -0.4 is 4.90 Å². The third kappa shape index (κ3) is 4.40. The van der Waals surface area contributed by atoms with Crippen molar-refractivity contribution in [2.45, 2.75) is 12.8 Å². The maximum absolute atomic E-state index is 3.93. The van der Waals surface area contributed by atoms with Crippen LogP contribution in [0, 0.1) is 0 Å². The highest BCUT2D eigenvalue weighted by Crippen LogP contribution is 2.50. The summed E-state index contributed by atoms with van der Waals surface area (Å²) in [6.45, 7) is 0.971. The summed E-state index contributed by atoms with van der Waals surface area (Å²) in [4.78, 5) is 2.50. The minimum atomic E-state index is 0.971. The van der Waals surface area contributed by atoms with Crippen molar-refractivity contribution >= 4 is 92.7 Å². The number of aromatic nitrogens is 3. The van der Waals surface area contributed by atoms with E-state index in [0.717, 1.165) is 40.9 Å². The highest BCUT2D eigenvalue weighted by Gasteiger charge is 2.29. The van der Waals surface area contributed by atoms with E-state index in [1.54, 1.807) is 0 Å². The third-order valence-corrected chi connectivity index (χ3v) is 12.6. The topological polar surface area (TPSA) is 18.0 Å². The second-order valence-electron chi connectivity index (χ2n) is 14.9. The monoisotopic (exact) mass is 782 g/mol. The summed E-state index contributed by atoms with van der Waals surface area (Å²) in [5.41, 5.74) is 14.5. The Balaban J connectivity index is 1.32. The van der Waals surface area contributed by atoms with Gasteiger partial charge in [0.05, 0.1) is 38.8 Å². The molecule has 5 heteroatoms. The summed E-state index contributed by atoms with van der Waals surface area (Å²) in [6.07, 6.45) is 2.21. The SMILES string of the molecule is Brc1cccc2c1N(c1cccc(-n3c4ccccc4c4c5c(c6ccccc6n5-c5ccccc5)c5c(c6ccccc6n5-c5ccccc5)c43)c1)CCC2. The molecule has 0 amide bonds. The maximum atomic E-state index is 3.93. The Bertz CT molecular complexity index is 3280. The van der Waals surface area contributed by atoms with Crippen molar-refractivity contribution in [2.24, 2.45) is 0 Å². The zero-order chi connectivity index (χ0) is 36.9. The smallest absolute Gasteiger partial charge is 0.0663 e. The second-order valence-corrected chi connectivity index (χ2v) is 15.8. The van der Waals surface area contributed by atoms with Gasteiger partial charge in [0.1, 0.15) is 0 Å². The number of nitrogens with zero attached hydrogens (tertiary/aromatic N) is 4. The van der Waals surface area contributed by atoms with Gasteiger partial charge in [0.25, 0.3) is 0 Å². The van der Waals surface area contributed by atoms with Gasteiger partial charge < -0.3 is 18.6 Å². The summed E-state index contributed by atoms with van der Waals surface area (Å²) >= 11 is 3.93. The van der Waals surface area contributed by atoms with E-state index in [4.69, 9.17) is 0 Å². The van der Waals surface area contributed by atoms with Gasteiger partial charge in [-0.05, 0) is 101 Å². The fourth-order valence-corrected chi connectivity index (χ4v) is 10.4. The first-order valence-electron chi connectivity index (χ1n) is 19.4. The van der Waals surface area contributed by atoms with Crippen LogP contribution in [-0.2, 0) is 6.42 Å². The molecule has 12 rings (SSSR count). The number of halogens is 1.